The van der Waals surface area contributed by atoms with Crippen molar-refractivity contribution in [3.05, 3.63) is 75.8 Å². The van der Waals surface area contributed by atoms with Crippen LogP contribution in [-0.4, -0.2) is 37.7 Å². The Bertz CT molecular complexity index is 1330. The number of hydrogen-bond donors (Lipinski definition) is 4. The number of guanidine groups is 1. The van der Waals surface area contributed by atoms with Crippen LogP contribution in [0.1, 0.15) is 17.5 Å². The van der Waals surface area contributed by atoms with Crippen LogP contribution in [0, 0.1) is 0 Å². The SMILES string of the molecule is NC(N)=NCC/C=C(\C=O)NC(=O)Cn1cccc(NS(=O)(=O)Cc2cccc(C(F)(F)F)c2)c1=O. The molecule has 2 rings (SSSR count). The van der Waals surface area contributed by atoms with E-state index in [2.05, 4.69) is 10.3 Å². The fourth-order valence-electron chi connectivity index (χ4n) is 2.90. The number of hydrogen-bond acceptors (Lipinski definition) is 6. The first-order valence-corrected chi connectivity index (χ1v) is 11.8. The number of benzene rings is 1. The van der Waals surface area contributed by atoms with Crippen LogP contribution in [-0.2, 0) is 38.1 Å². The predicted molar refractivity (Wildman–Crippen MR) is 126 cm³/mol. The normalized spacial score (nSPS) is 12.0. The second-order valence-corrected chi connectivity index (χ2v) is 9.06. The number of aliphatic imine (C=N–C) groups is 1. The zero-order valence-electron chi connectivity index (χ0n) is 18.7. The molecule has 194 valence electrons. The Balaban J connectivity index is 2.11. The number of nitrogens with two attached hydrogens (primary N) is 2. The fourth-order valence-corrected chi connectivity index (χ4v) is 4.08. The third-order valence-corrected chi connectivity index (χ3v) is 5.65. The van der Waals surface area contributed by atoms with Crippen LogP contribution in [0.25, 0.3) is 0 Å². The minimum Gasteiger partial charge on any atom is -0.370 e. The van der Waals surface area contributed by atoms with Crippen LogP contribution in [0.4, 0.5) is 18.9 Å². The highest BCUT2D eigenvalue weighted by Crippen LogP contribution is 2.29. The Kier molecular flexibility index (Phi) is 9.38. The zero-order chi connectivity index (χ0) is 26.9. The molecule has 1 amide bonds. The number of amides is 1. The maximum atomic E-state index is 12.9. The molecule has 0 aliphatic heterocycles. The summed E-state index contributed by atoms with van der Waals surface area (Å²) in [6, 6.07) is 6.22. The Morgan fingerprint density at radius 1 is 1.17 bits per heavy atom. The molecule has 15 heteroatoms. The lowest BCUT2D eigenvalue weighted by atomic mass is 10.1. The van der Waals surface area contributed by atoms with Gasteiger partial charge in [0.25, 0.3) is 5.56 Å². The molecule has 0 aliphatic rings. The van der Waals surface area contributed by atoms with Gasteiger partial charge < -0.3 is 21.4 Å². The lowest BCUT2D eigenvalue weighted by molar-refractivity contribution is -0.137. The number of allylic oxidation sites excluding steroid dienone is 1. The van der Waals surface area contributed by atoms with E-state index in [0.717, 1.165) is 22.8 Å². The standard InChI is InChI=1S/C21H23F3N6O5S/c22-21(23,24)15-5-1-4-14(10-15)13-36(34,35)29-17-7-3-9-30(19(17)33)11-18(32)28-16(12-31)6-2-8-27-20(25)26/h1,3-7,9-10,12,29H,2,8,11,13H2,(H,28,32)(H4,25,26,27)/b16-6+. The molecule has 0 atom stereocenters. The van der Waals surface area contributed by atoms with Crippen LogP contribution in [0.5, 0.6) is 0 Å². The molecule has 6 N–H and O–H groups in total. The first-order valence-electron chi connectivity index (χ1n) is 10.2. The average molecular weight is 529 g/mol. The number of nitrogens with one attached hydrogen (secondary N) is 2. The van der Waals surface area contributed by atoms with Crippen molar-refractivity contribution in [3.8, 4) is 0 Å². The van der Waals surface area contributed by atoms with Crippen LogP contribution in [0.2, 0.25) is 0 Å². The molecule has 0 saturated carbocycles. The molecule has 1 aromatic heterocycles. The third-order valence-electron chi connectivity index (χ3n) is 4.41. The maximum Gasteiger partial charge on any atom is 0.416 e. The predicted octanol–water partition coefficient (Wildman–Crippen LogP) is 0.672. The third kappa shape index (κ3) is 8.90. The van der Waals surface area contributed by atoms with Gasteiger partial charge in [-0.2, -0.15) is 13.2 Å². The monoisotopic (exact) mass is 528 g/mol. The largest absolute Gasteiger partial charge is 0.416 e. The van der Waals surface area contributed by atoms with Crippen molar-refractivity contribution < 1.29 is 31.2 Å². The number of pyridine rings is 1. The van der Waals surface area contributed by atoms with Gasteiger partial charge in [-0.1, -0.05) is 24.3 Å². The van der Waals surface area contributed by atoms with Crippen molar-refractivity contribution in [2.45, 2.75) is 24.9 Å². The average Bonchev–Trinajstić information content (AvgIpc) is 2.77. The highest BCUT2D eigenvalue weighted by atomic mass is 32.2. The van der Waals surface area contributed by atoms with E-state index >= 15 is 0 Å². The summed E-state index contributed by atoms with van der Waals surface area (Å²) in [5.41, 5.74) is 7.83. The van der Waals surface area contributed by atoms with E-state index in [1.54, 1.807) is 0 Å². The lowest BCUT2D eigenvalue weighted by Gasteiger charge is -2.12. The van der Waals surface area contributed by atoms with E-state index in [4.69, 9.17) is 11.5 Å². The highest BCUT2D eigenvalue weighted by Gasteiger charge is 2.30. The number of alkyl halides is 3. The van der Waals surface area contributed by atoms with Gasteiger partial charge in [-0.05, 0) is 30.2 Å². The molecule has 11 nitrogen and oxygen atoms in total. The van der Waals surface area contributed by atoms with Crippen LogP contribution in [0.15, 0.2) is 64.2 Å². The van der Waals surface area contributed by atoms with Crippen LogP contribution >= 0.6 is 0 Å². The molecule has 1 heterocycles. The van der Waals surface area contributed by atoms with Gasteiger partial charge in [-0.3, -0.25) is 24.1 Å². The first kappa shape index (κ1) is 28.1. The number of anilines is 1. The Labute approximate surface area is 203 Å². The minimum atomic E-state index is -4.65. The van der Waals surface area contributed by atoms with Gasteiger partial charge >= 0.3 is 6.18 Å². The molecule has 0 bridgehead atoms. The van der Waals surface area contributed by atoms with Gasteiger partial charge in [-0.25, -0.2) is 8.42 Å². The molecule has 0 saturated heterocycles. The summed E-state index contributed by atoms with van der Waals surface area (Å²) in [6.45, 7) is -0.376. The number of sulfonamides is 1. The van der Waals surface area contributed by atoms with Crippen molar-refractivity contribution in [1.29, 1.82) is 0 Å². The minimum absolute atomic E-state index is 0.0863. The van der Waals surface area contributed by atoms with Crippen molar-refractivity contribution >= 4 is 33.9 Å². The second kappa shape index (κ2) is 12.0. The smallest absolute Gasteiger partial charge is 0.370 e. The molecule has 0 unspecified atom stereocenters. The van der Waals surface area contributed by atoms with Crippen molar-refractivity contribution in [3.63, 3.8) is 0 Å². The first-order chi connectivity index (χ1) is 16.8. The summed E-state index contributed by atoms with van der Waals surface area (Å²) >= 11 is 0. The van der Waals surface area contributed by atoms with Crippen molar-refractivity contribution in [2.24, 2.45) is 16.5 Å². The molecule has 0 fully saturated rings. The summed E-state index contributed by atoms with van der Waals surface area (Å²) in [5.74, 6) is -1.70. The Morgan fingerprint density at radius 2 is 1.89 bits per heavy atom. The number of halogens is 3. The number of nitrogens with zero attached hydrogens (tertiary/aromatic N) is 2. The number of aldehydes is 1. The molecule has 2 aromatic rings. The van der Waals surface area contributed by atoms with Crippen molar-refractivity contribution in [2.75, 3.05) is 11.3 Å². The fraction of sp³-hybridized carbons (Fsp3) is 0.238. The molecular weight excluding hydrogens is 505 g/mol. The van der Waals surface area contributed by atoms with Crippen molar-refractivity contribution in [1.82, 2.24) is 9.88 Å². The second-order valence-electron chi connectivity index (χ2n) is 7.33. The number of carbonyl (C=O) groups excluding carboxylic acids is 2. The molecule has 0 radical (unpaired) electrons. The summed E-state index contributed by atoms with van der Waals surface area (Å²) < 4.78 is 66.5. The van der Waals surface area contributed by atoms with Gasteiger partial charge in [0.2, 0.25) is 15.9 Å². The Hall–Kier alpha value is -4.14. The van der Waals surface area contributed by atoms with E-state index in [1.807, 2.05) is 4.72 Å². The molecule has 0 spiro atoms. The van der Waals surface area contributed by atoms with Gasteiger partial charge in [0, 0.05) is 12.7 Å². The molecule has 36 heavy (non-hydrogen) atoms. The van der Waals surface area contributed by atoms with Gasteiger partial charge in [-0.15, -0.1) is 0 Å². The molecule has 1 aromatic carbocycles. The van der Waals surface area contributed by atoms with Gasteiger partial charge in [0.1, 0.15) is 12.2 Å². The Morgan fingerprint density at radius 3 is 2.53 bits per heavy atom. The number of carbonyl (C=O) groups is 2. The topological polar surface area (TPSA) is 179 Å². The van der Waals surface area contributed by atoms with E-state index < -0.39 is 51.2 Å². The number of rotatable bonds is 11. The maximum absolute atomic E-state index is 12.9. The zero-order valence-corrected chi connectivity index (χ0v) is 19.5. The summed E-state index contributed by atoms with van der Waals surface area (Å²) in [4.78, 5) is 39.8. The van der Waals surface area contributed by atoms with Gasteiger partial charge in [0.15, 0.2) is 12.2 Å². The van der Waals surface area contributed by atoms with E-state index in [-0.39, 0.29) is 30.2 Å². The summed E-state index contributed by atoms with van der Waals surface area (Å²) in [6.07, 6.45) is -1.43. The van der Waals surface area contributed by atoms with E-state index in [1.165, 1.54) is 24.4 Å². The van der Waals surface area contributed by atoms with E-state index in [9.17, 15) is 36.0 Å². The van der Waals surface area contributed by atoms with Crippen LogP contribution < -0.4 is 27.1 Å². The summed E-state index contributed by atoms with van der Waals surface area (Å²) in [7, 11) is -4.27. The quantitative estimate of drug-likeness (QED) is 0.109. The lowest BCUT2D eigenvalue weighted by Crippen LogP contribution is -2.33. The van der Waals surface area contributed by atoms with Crippen LogP contribution in [0.3, 0.4) is 0 Å². The van der Waals surface area contributed by atoms with E-state index in [0.29, 0.717) is 12.4 Å². The number of aromatic nitrogens is 1. The molecule has 0 aliphatic carbocycles. The van der Waals surface area contributed by atoms with Gasteiger partial charge in [0.05, 0.1) is 17.0 Å². The summed E-state index contributed by atoms with van der Waals surface area (Å²) in [5, 5.41) is 2.30. The molecular formula is C21H23F3N6O5S. The highest BCUT2D eigenvalue weighted by molar-refractivity contribution is 7.91.